The topological polar surface area (TPSA) is 49.4 Å². The molecule has 0 saturated carbocycles. The Balaban J connectivity index is 2.95. The molecule has 4 nitrogen and oxygen atoms in total. The third-order valence-corrected chi connectivity index (χ3v) is 4.21. The Morgan fingerprint density at radius 2 is 1.74 bits per heavy atom. The molecule has 0 aliphatic heterocycles. The molecule has 2 unspecified atom stereocenters. The Kier molecular flexibility index (Phi) is 8.10. The van der Waals surface area contributed by atoms with Gasteiger partial charge in [-0.15, -0.1) is 0 Å². The average molecular weight is 339 g/mol. The third-order valence-electron chi connectivity index (χ3n) is 3.96. The highest BCUT2D eigenvalue weighted by molar-refractivity contribution is 6.30. The predicted octanol–water partition coefficient (Wildman–Crippen LogP) is 3.77. The minimum absolute atomic E-state index is 0.0221. The molecule has 0 radical (unpaired) electrons. The molecule has 0 bridgehead atoms. The van der Waals surface area contributed by atoms with Crippen LogP contribution in [0.5, 0.6) is 0 Å². The minimum Gasteiger partial charge on any atom is -0.352 e. The van der Waals surface area contributed by atoms with Crippen LogP contribution in [-0.2, 0) is 16.1 Å². The number of nitrogens with one attached hydrogen (secondary N) is 1. The first kappa shape index (κ1) is 19.5. The Morgan fingerprint density at radius 3 is 2.22 bits per heavy atom. The average Bonchev–Trinajstić information content (AvgIpc) is 2.55. The number of halogens is 1. The van der Waals surface area contributed by atoms with E-state index >= 15 is 0 Å². The number of hydrogen-bond acceptors (Lipinski definition) is 2. The van der Waals surface area contributed by atoms with E-state index in [9.17, 15) is 9.59 Å². The van der Waals surface area contributed by atoms with Crippen LogP contribution in [0.2, 0.25) is 5.02 Å². The fraction of sp³-hybridized carbons (Fsp3) is 0.556. The van der Waals surface area contributed by atoms with Crippen LogP contribution >= 0.6 is 11.6 Å². The van der Waals surface area contributed by atoms with Gasteiger partial charge in [0.25, 0.3) is 0 Å². The van der Waals surface area contributed by atoms with E-state index in [4.69, 9.17) is 11.6 Å². The van der Waals surface area contributed by atoms with Gasteiger partial charge in [-0.05, 0) is 37.5 Å². The van der Waals surface area contributed by atoms with Crippen LogP contribution in [0.4, 0.5) is 0 Å². The molecule has 0 spiro atoms. The molecule has 0 aliphatic carbocycles. The molecule has 0 saturated heterocycles. The highest BCUT2D eigenvalue weighted by atomic mass is 35.5. The monoisotopic (exact) mass is 338 g/mol. The zero-order chi connectivity index (χ0) is 17.4. The van der Waals surface area contributed by atoms with Crippen molar-refractivity contribution in [2.75, 3.05) is 0 Å². The molecule has 23 heavy (non-hydrogen) atoms. The maximum atomic E-state index is 12.5. The van der Waals surface area contributed by atoms with E-state index in [1.807, 2.05) is 39.8 Å². The van der Waals surface area contributed by atoms with E-state index in [1.54, 1.807) is 17.0 Å². The number of rotatable bonds is 8. The fourth-order valence-electron chi connectivity index (χ4n) is 2.35. The standard InChI is InChI=1S/C18H27ClN2O2/c1-5-13(4)20-18(23)16(6-2)21(17(22)7-3)12-14-8-10-15(19)11-9-14/h8-11,13,16H,5-7,12H2,1-4H3,(H,20,23). The zero-order valence-corrected chi connectivity index (χ0v) is 15.2. The van der Waals surface area contributed by atoms with Crippen LogP contribution in [0, 0.1) is 0 Å². The van der Waals surface area contributed by atoms with Gasteiger partial charge in [0.1, 0.15) is 6.04 Å². The summed E-state index contributed by atoms with van der Waals surface area (Å²) in [5.74, 6) is -0.108. The largest absolute Gasteiger partial charge is 0.352 e. The van der Waals surface area contributed by atoms with Gasteiger partial charge in [0.15, 0.2) is 0 Å². The summed E-state index contributed by atoms with van der Waals surface area (Å²) < 4.78 is 0. The highest BCUT2D eigenvalue weighted by Gasteiger charge is 2.28. The second kappa shape index (κ2) is 9.56. The summed E-state index contributed by atoms with van der Waals surface area (Å²) in [6, 6.07) is 7.02. The minimum atomic E-state index is -0.452. The van der Waals surface area contributed by atoms with Crippen molar-refractivity contribution >= 4 is 23.4 Å². The molecule has 1 rings (SSSR count). The van der Waals surface area contributed by atoms with Crippen LogP contribution in [0.3, 0.4) is 0 Å². The van der Waals surface area contributed by atoms with Crippen molar-refractivity contribution in [1.82, 2.24) is 10.2 Å². The van der Waals surface area contributed by atoms with Crippen molar-refractivity contribution in [3.05, 3.63) is 34.9 Å². The maximum Gasteiger partial charge on any atom is 0.243 e. The molecule has 2 amide bonds. The van der Waals surface area contributed by atoms with Crippen molar-refractivity contribution in [1.29, 1.82) is 0 Å². The Hall–Kier alpha value is -1.55. The van der Waals surface area contributed by atoms with Crippen molar-refractivity contribution in [3.8, 4) is 0 Å². The number of hydrogen-bond donors (Lipinski definition) is 1. The molecule has 128 valence electrons. The lowest BCUT2D eigenvalue weighted by atomic mass is 10.1. The second-order valence-corrected chi connectivity index (χ2v) is 6.18. The van der Waals surface area contributed by atoms with Gasteiger partial charge in [-0.2, -0.15) is 0 Å². The van der Waals surface area contributed by atoms with Crippen LogP contribution < -0.4 is 5.32 Å². The maximum absolute atomic E-state index is 12.5. The van der Waals surface area contributed by atoms with Crippen LogP contribution in [0.1, 0.15) is 52.5 Å². The molecule has 1 aromatic rings. The summed E-state index contributed by atoms with van der Waals surface area (Å²) in [7, 11) is 0. The third kappa shape index (κ3) is 5.87. The molecule has 1 N–H and O–H groups in total. The summed E-state index contributed by atoms with van der Waals surface area (Å²) in [6.07, 6.45) is 1.82. The van der Waals surface area contributed by atoms with Crippen LogP contribution in [0.15, 0.2) is 24.3 Å². The van der Waals surface area contributed by atoms with Gasteiger partial charge in [0.2, 0.25) is 11.8 Å². The highest BCUT2D eigenvalue weighted by Crippen LogP contribution is 2.16. The lowest BCUT2D eigenvalue weighted by Crippen LogP contribution is -2.50. The lowest BCUT2D eigenvalue weighted by Gasteiger charge is -2.31. The number of carbonyl (C=O) groups excluding carboxylic acids is 2. The number of nitrogens with zero attached hydrogens (tertiary/aromatic N) is 1. The molecular formula is C18H27ClN2O2. The molecule has 0 heterocycles. The van der Waals surface area contributed by atoms with Gasteiger partial charge in [-0.1, -0.05) is 44.5 Å². The van der Waals surface area contributed by atoms with Crippen molar-refractivity contribution in [2.45, 2.75) is 65.6 Å². The summed E-state index contributed by atoms with van der Waals surface area (Å²) in [5, 5.41) is 3.64. The van der Waals surface area contributed by atoms with E-state index in [0.717, 1.165) is 12.0 Å². The van der Waals surface area contributed by atoms with Gasteiger partial charge in [-0.25, -0.2) is 0 Å². The van der Waals surface area contributed by atoms with Gasteiger partial charge >= 0.3 is 0 Å². The Bertz CT molecular complexity index is 516. The molecule has 2 atom stereocenters. The smallest absolute Gasteiger partial charge is 0.243 e. The summed E-state index contributed by atoms with van der Waals surface area (Å²) >= 11 is 5.91. The van der Waals surface area contributed by atoms with E-state index < -0.39 is 6.04 Å². The van der Waals surface area contributed by atoms with E-state index in [0.29, 0.717) is 24.4 Å². The predicted molar refractivity (Wildman–Crippen MR) is 94.3 cm³/mol. The molecule has 0 fully saturated rings. The normalized spacial score (nSPS) is 13.3. The van der Waals surface area contributed by atoms with Crippen LogP contribution in [0.25, 0.3) is 0 Å². The first-order chi connectivity index (χ1) is 10.9. The molecule has 0 aliphatic rings. The quantitative estimate of drug-likeness (QED) is 0.784. The molecular weight excluding hydrogens is 312 g/mol. The molecule has 0 aromatic heterocycles. The molecule has 5 heteroatoms. The van der Waals surface area contributed by atoms with Crippen molar-refractivity contribution in [3.63, 3.8) is 0 Å². The van der Waals surface area contributed by atoms with E-state index in [1.165, 1.54) is 0 Å². The van der Waals surface area contributed by atoms with Crippen molar-refractivity contribution < 1.29 is 9.59 Å². The zero-order valence-electron chi connectivity index (χ0n) is 14.4. The summed E-state index contributed by atoms with van der Waals surface area (Å²) in [5.41, 5.74) is 0.964. The Labute approximate surface area is 144 Å². The number of benzene rings is 1. The summed E-state index contributed by atoms with van der Waals surface area (Å²) in [4.78, 5) is 26.6. The van der Waals surface area contributed by atoms with Gasteiger partial charge < -0.3 is 10.2 Å². The second-order valence-electron chi connectivity index (χ2n) is 5.74. The van der Waals surface area contributed by atoms with Crippen LogP contribution in [-0.4, -0.2) is 28.8 Å². The van der Waals surface area contributed by atoms with Gasteiger partial charge in [0.05, 0.1) is 0 Å². The number of amides is 2. The van der Waals surface area contributed by atoms with E-state index in [2.05, 4.69) is 5.32 Å². The first-order valence-corrected chi connectivity index (χ1v) is 8.64. The van der Waals surface area contributed by atoms with Gasteiger partial charge in [0, 0.05) is 24.0 Å². The first-order valence-electron chi connectivity index (χ1n) is 8.27. The lowest BCUT2D eigenvalue weighted by molar-refractivity contribution is -0.141. The van der Waals surface area contributed by atoms with E-state index in [-0.39, 0.29) is 17.9 Å². The number of carbonyl (C=O) groups is 2. The van der Waals surface area contributed by atoms with Crippen molar-refractivity contribution in [2.24, 2.45) is 0 Å². The van der Waals surface area contributed by atoms with Gasteiger partial charge in [-0.3, -0.25) is 9.59 Å². The fourth-order valence-corrected chi connectivity index (χ4v) is 2.48. The Morgan fingerprint density at radius 1 is 1.13 bits per heavy atom. The summed E-state index contributed by atoms with van der Waals surface area (Å²) in [6.45, 7) is 8.15. The SMILES string of the molecule is CCC(=O)N(Cc1ccc(Cl)cc1)C(CC)C(=O)NC(C)CC. The molecule has 1 aromatic carbocycles.